The Morgan fingerprint density at radius 2 is 0.952 bits per heavy atom. The van der Waals surface area contributed by atoms with Gasteiger partial charge in [0.15, 0.2) is 0 Å². The second-order valence-electron chi connectivity index (χ2n) is 19.0. The summed E-state index contributed by atoms with van der Waals surface area (Å²) in [5.41, 5.74) is 14.6. The minimum absolute atomic E-state index is 0.0651. The second kappa shape index (κ2) is 14.2. The van der Waals surface area contributed by atoms with Gasteiger partial charge in [-0.15, -0.1) is 0 Å². The lowest BCUT2D eigenvalue weighted by molar-refractivity contribution is 0.589. The van der Waals surface area contributed by atoms with Crippen LogP contribution in [-0.4, -0.2) is 4.57 Å². The first-order chi connectivity index (χ1) is 30.0. The molecule has 0 amide bonds. The number of hydrogen-bond acceptors (Lipinski definition) is 1. The molecule has 10 aromatic carbocycles. The normalized spacial score (nSPS) is 12.4. The molecule has 1 heterocycles. The predicted molar refractivity (Wildman–Crippen MR) is 267 cm³/mol. The van der Waals surface area contributed by atoms with Crippen molar-refractivity contribution in [1.82, 2.24) is 4.57 Å². The topological polar surface area (TPSA) is 8.17 Å². The summed E-state index contributed by atoms with van der Waals surface area (Å²) in [7, 11) is 0. The average Bonchev–Trinajstić information content (AvgIpc) is 3.62. The van der Waals surface area contributed by atoms with Crippen LogP contribution in [0.25, 0.3) is 82.1 Å². The number of benzene rings is 10. The van der Waals surface area contributed by atoms with E-state index in [-0.39, 0.29) is 10.8 Å². The average molecular weight is 799 g/mol. The van der Waals surface area contributed by atoms with Crippen LogP contribution in [0, 0.1) is 0 Å². The molecule has 62 heavy (non-hydrogen) atoms. The maximum absolute atomic E-state index is 2.52. The summed E-state index contributed by atoms with van der Waals surface area (Å²) in [6.07, 6.45) is 0. The van der Waals surface area contributed by atoms with Crippen LogP contribution >= 0.6 is 0 Å². The molecule has 0 radical (unpaired) electrons. The van der Waals surface area contributed by atoms with Crippen LogP contribution in [0.3, 0.4) is 0 Å². The molecule has 0 N–H and O–H groups in total. The Hall–Kier alpha value is -7.16. The number of aromatic nitrogens is 1. The van der Waals surface area contributed by atoms with E-state index in [0.29, 0.717) is 0 Å². The highest BCUT2D eigenvalue weighted by Crippen LogP contribution is 2.49. The van der Waals surface area contributed by atoms with Gasteiger partial charge in [0.2, 0.25) is 0 Å². The summed E-state index contributed by atoms with van der Waals surface area (Å²) in [5, 5.41) is 10.1. The zero-order valence-corrected chi connectivity index (χ0v) is 36.4. The van der Waals surface area contributed by atoms with Crippen LogP contribution in [0.15, 0.2) is 194 Å². The Morgan fingerprint density at radius 3 is 1.63 bits per heavy atom. The summed E-state index contributed by atoms with van der Waals surface area (Å²) in [5.74, 6) is 0. The Labute approximate surface area is 364 Å². The van der Waals surface area contributed by atoms with Crippen molar-refractivity contribution in [3.63, 3.8) is 0 Å². The zero-order chi connectivity index (χ0) is 42.3. The number of fused-ring (bicyclic) bond motifs is 3. The molecule has 11 rings (SSSR count). The maximum atomic E-state index is 2.52. The van der Waals surface area contributed by atoms with Gasteiger partial charge in [-0.1, -0.05) is 193 Å². The van der Waals surface area contributed by atoms with Crippen molar-refractivity contribution in [3.8, 4) is 27.9 Å². The molecule has 0 unspecified atom stereocenters. The number of para-hydroxylation sites is 3. The monoisotopic (exact) mass is 798 g/mol. The number of nitrogens with zero attached hydrogens (tertiary/aromatic N) is 2. The largest absolute Gasteiger partial charge is 0.309 e. The van der Waals surface area contributed by atoms with Gasteiger partial charge >= 0.3 is 0 Å². The molecule has 0 bridgehead atoms. The molecule has 0 aliphatic rings. The van der Waals surface area contributed by atoms with Crippen LogP contribution in [0.5, 0.6) is 0 Å². The molecule has 0 saturated carbocycles. The van der Waals surface area contributed by atoms with Crippen molar-refractivity contribution < 1.29 is 0 Å². The Balaban J connectivity index is 1.19. The second-order valence-corrected chi connectivity index (χ2v) is 19.0. The van der Waals surface area contributed by atoms with E-state index in [1.165, 1.54) is 93.2 Å². The van der Waals surface area contributed by atoms with E-state index in [9.17, 15) is 0 Å². The summed E-state index contributed by atoms with van der Waals surface area (Å²) in [4.78, 5) is 2.52. The Kier molecular flexibility index (Phi) is 8.67. The van der Waals surface area contributed by atoms with Gasteiger partial charge in [-0.3, -0.25) is 0 Å². The molecule has 1 aromatic heterocycles. The molecule has 300 valence electrons. The van der Waals surface area contributed by atoms with Gasteiger partial charge in [0.05, 0.1) is 28.1 Å². The molecular formula is C60H50N2. The molecule has 0 spiro atoms. The van der Waals surface area contributed by atoms with E-state index >= 15 is 0 Å². The summed E-state index contributed by atoms with van der Waals surface area (Å²) in [6, 6.07) is 72.4. The van der Waals surface area contributed by atoms with Gasteiger partial charge in [-0.2, -0.15) is 0 Å². The van der Waals surface area contributed by atoms with E-state index in [4.69, 9.17) is 0 Å². The SMILES string of the molecule is CC(C)(C)c1ccc(-c2cc(N(c3ccccc3-c3ccccc3)c3ccc4ccc5c(-n6c7ccccc7c7ccccc76)ccc6ccc3c4c65)ccc2C(C)(C)C)cc1. The van der Waals surface area contributed by atoms with Crippen LogP contribution < -0.4 is 4.90 Å². The summed E-state index contributed by atoms with van der Waals surface area (Å²) >= 11 is 0. The third-order valence-corrected chi connectivity index (χ3v) is 13.0. The predicted octanol–water partition coefficient (Wildman–Crippen LogP) is 17.1. The minimum Gasteiger partial charge on any atom is -0.309 e. The van der Waals surface area contributed by atoms with Gasteiger partial charge in [0, 0.05) is 32.8 Å². The first-order valence-corrected chi connectivity index (χ1v) is 21.9. The number of anilines is 3. The van der Waals surface area contributed by atoms with E-state index in [1.807, 2.05) is 0 Å². The molecule has 2 nitrogen and oxygen atoms in total. The Bertz CT molecular complexity index is 3410. The molecular weight excluding hydrogens is 749 g/mol. The highest BCUT2D eigenvalue weighted by atomic mass is 15.1. The quantitative estimate of drug-likeness (QED) is 0.152. The highest BCUT2D eigenvalue weighted by Gasteiger charge is 2.26. The maximum Gasteiger partial charge on any atom is 0.0541 e. The molecule has 0 atom stereocenters. The van der Waals surface area contributed by atoms with Gasteiger partial charge in [0.25, 0.3) is 0 Å². The molecule has 0 aliphatic heterocycles. The first kappa shape index (κ1) is 37.8. The van der Waals surface area contributed by atoms with Crippen molar-refractivity contribution in [2.24, 2.45) is 0 Å². The molecule has 0 fully saturated rings. The lowest BCUT2D eigenvalue weighted by Gasteiger charge is -2.32. The lowest BCUT2D eigenvalue weighted by atomic mass is 9.80. The van der Waals surface area contributed by atoms with Crippen molar-refractivity contribution in [3.05, 3.63) is 205 Å². The molecule has 0 saturated heterocycles. The number of hydrogen-bond donors (Lipinski definition) is 0. The van der Waals surface area contributed by atoms with E-state index in [2.05, 4.69) is 245 Å². The van der Waals surface area contributed by atoms with Crippen molar-refractivity contribution in [1.29, 1.82) is 0 Å². The van der Waals surface area contributed by atoms with Crippen LogP contribution in [0.1, 0.15) is 52.7 Å². The van der Waals surface area contributed by atoms with Gasteiger partial charge in [0.1, 0.15) is 0 Å². The van der Waals surface area contributed by atoms with Gasteiger partial charge in [-0.05, 0) is 103 Å². The Morgan fingerprint density at radius 1 is 0.387 bits per heavy atom. The van der Waals surface area contributed by atoms with Crippen molar-refractivity contribution >= 4 is 71.2 Å². The van der Waals surface area contributed by atoms with E-state index in [0.717, 1.165) is 17.1 Å². The van der Waals surface area contributed by atoms with E-state index < -0.39 is 0 Å². The van der Waals surface area contributed by atoms with Crippen LogP contribution in [0.4, 0.5) is 17.1 Å². The summed E-state index contributed by atoms with van der Waals surface area (Å²) < 4.78 is 2.46. The summed E-state index contributed by atoms with van der Waals surface area (Å²) in [6.45, 7) is 13.8. The van der Waals surface area contributed by atoms with Crippen molar-refractivity contribution in [2.75, 3.05) is 4.90 Å². The molecule has 2 heteroatoms. The molecule has 11 aromatic rings. The van der Waals surface area contributed by atoms with Crippen LogP contribution in [0.2, 0.25) is 0 Å². The van der Waals surface area contributed by atoms with Crippen LogP contribution in [-0.2, 0) is 10.8 Å². The fraction of sp³-hybridized carbons (Fsp3) is 0.133. The third-order valence-electron chi connectivity index (χ3n) is 13.0. The standard InChI is InChI=1S/C60H50N2/c1-59(2,3)43-30-24-40(25-31-43)50-38-44(32-35-51(50)60(4,5)6)61(52-21-13-10-18-45(52)39-16-8-7-9-17-39)55-36-28-41-27-34-49-56(37-29-42-26-33-48(55)57(41)58(42)49)62-53-22-14-11-19-46(53)47-20-12-15-23-54(47)62/h7-38H,1-6H3. The third kappa shape index (κ3) is 6.08. The van der Waals surface area contributed by atoms with Crippen molar-refractivity contribution in [2.45, 2.75) is 52.4 Å². The van der Waals surface area contributed by atoms with E-state index in [1.54, 1.807) is 0 Å². The zero-order valence-electron chi connectivity index (χ0n) is 36.4. The van der Waals surface area contributed by atoms with Gasteiger partial charge < -0.3 is 9.47 Å². The fourth-order valence-electron chi connectivity index (χ4n) is 9.99. The lowest BCUT2D eigenvalue weighted by Crippen LogP contribution is -2.16. The molecule has 0 aliphatic carbocycles. The fourth-order valence-corrected chi connectivity index (χ4v) is 9.99. The minimum atomic E-state index is -0.0651. The first-order valence-electron chi connectivity index (χ1n) is 21.9. The highest BCUT2D eigenvalue weighted by molar-refractivity contribution is 6.27. The smallest absolute Gasteiger partial charge is 0.0541 e. The number of rotatable bonds is 6. The van der Waals surface area contributed by atoms with Gasteiger partial charge in [-0.25, -0.2) is 0 Å².